The molecule has 9 nitrogen and oxygen atoms in total. The first-order chi connectivity index (χ1) is 14.3. The van der Waals surface area contributed by atoms with Crippen molar-refractivity contribution in [3.05, 3.63) is 56.8 Å². The molecule has 0 bridgehead atoms. The summed E-state index contributed by atoms with van der Waals surface area (Å²) in [6, 6.07) is 8.24. The van der Waals surface area contributed by atoms with E-state index in [0.717, 1.165) is 30.4 Å². The van der Waals surface area contributed by atoms with Gasteiger partial charge in [-0.1, -0.05) is 17.7 Å². The fraction of sp³-hybridized carbons (Fsp3) is 0.400. The molecule has 2 amide bonds. The van der Waals surface area contributed by atoms with Crippen molar-refractivity contribution in [1.29, 1.82) is 0 Å². The second kappa shape index (κ2) is 7.98. The van der Waals surface area contributed by atoms with Crippen molar-refractivity contribution < 1.29 is 18.9 Å². The summed E-state index contributed by atoms with van der Waals surface area (Å²) in [5.41, 5.74) is 2.23. The number of hydrogen-bond acceptors (Lipinski definition) is 6. The number of likely N-dealkylation sites (tertiary alicyclic amines) is 1. The lowest BCUT2D eigenvalue weighted by atomic mass is 9.97. The van der Waals surface area contributed by atoms with Gasteiger partial charge in [0.15, 0.2) is 5.76 Å². The molecule has 3 heterocycles. The molecule has 2 fully saturated rings. The van der Waals surface area contributed by atoms with Crippen LogP contribution in [0.25, 0.3) is 0 Å². The summed E-state index contributed by atoms with van der Waals surface area (Å²) in [6.07, 6.45) is 0. The number of carbonyl (C=O) groups is 2. The van der Waals surface area contributed by atoms with Crippen LogP contribution in [-0.4, -0.2) is 65.8 Å². The number of halogens is 1. The first-order valence-electron chi connectivity index (χ1n) is 9.67. The van der Waals surface area contributed by atoms with Crippen molar-refractivity contribution in [3.63, 3.8) is 0 Å². The van der Waals surface area contributed by atoms with Crippen molar-refractivity contribution in [2.24, 2.45) is 5.92 Å². The second-order valence-electron chi connectivity index (χ2n) is 7.55. The lowest BCUT2D eigenvalue weighted by Gasteiger charge is -2.43. The van der Waals surface area contributed by atoms with Gasteiger partial charge in [-0.05, 0) is 30.7 Å². The molecular formula is C20H21ClN4O5. The third kappa shape index (κ3) is 3.85. The van der Waals surface area contributed by atoms with E-state index in [1.54, 1.807) is 0 Å². The molecular weight excluding hydrogens is 412 g/mol. The van der Waals surface area contributed by atoms with Gasteiger partial charge in [0, 0.05) is 50.0 Å². The van der Waals surface area contributed by atoms with E-state index in [4.69, 9.17) is 16.0 Å². The minimum Gasteiger partial charge on any atom is -0.395 e. The van der Waals surface area contributed by atoms with Crippen LogP contribution in [0.15, 0.2) is 34.7 Å². The average molecular weight is 433 g/mol. The SMILES string of the molecule is Cc1ccc(Cl)cc1N1CCN(C(=O)C2CN(C(=O)c3ccc([N+](=O)[O-])o3)C2)CC1. The number of nitrogens with zero attached hydrogens (tertiary/aromatic N) is 4. The van der Waals surface area contributed by atoms with Gasteiger partial charge in [0.05, 0.1) is 12.0 Å². The topological polar surface area (TPSA) is 100 Å². The highest BCUT2D eigenvalue weighted by molar-refractivity contribution is 6.30. The molecule has 2 saturated heterocycles. The number of furan rings is 1. The summed E-state index contributed by atoms with van der Waals surface area (Å²) in [5.74, 6) is -1.21. The fourth-order valence-electron chi connectivity index (χ4n) is 3.85. The Morgan fingerprint density at radius 2 is 1.80 bits per heavy atom. The Balaban J connectivity index is 1.29. The summed E-state index contributed by atoms with van der Waals surface area (Å²) in [4.78, 5) is 40.6. The predicted octanol–water partition coefficient (Wildman–Crippen LogP) is 2.57. The Bertz CT molecular complexity index is 993. The standard InChI is InChI=1S/C20H21ClN4O5/c1-13-2-3-15(21)10-16(13)22-6-8-23(9-7-22)19(26)14-11-24(12-14)20(27)17-4-5-18(30-17)25(28)29/h2-5,10,14H,6-9,11-12H2,1H3. The fourth-order valence-corrected chi connectivity index (χ4v) is 4.01. The van der Waals surface area contributed by atoms with Gasteiger partial charge in [-0.25, -0.2) is 0 Å². The Labute approximate surface area is 177 Å². The highest BCUT2D eigenvalue weighted by Gasteiger charge is 2.40. The molecule has 0 atom stereocenters. The lowest BCUT2D eigenvalue weighted by molar-refractivity contribution is -0.402. The highest BCUT2D eigenvalue weighted by atomic mass is 35.5. The maximum absolute atomic E-state index is 12.8. The number of benzene rings is 1. The monoisotopic (exact) mass is 432 g/mol. The van der Waals surface area contributed by atoms with Crippen LogP contribution in [0.3, 0.4) is 0 Å². The number of carbonyl (C=O) groups excluding carboxylic acids is 2. The zero-order valence-corrected chi connectivity index (χ0v) is 17.2. The van der Waals surface area contributed by atoms with Gasteiger partial charge in [0.1, 0.15) is 4.92 Å². The number of amides is 2. The summed E-state index contributed by atoms with van der Waals surface area (Å²) in [7, 11) is 0. The van der Waals surface area contributed by atoms with Crippen LogP contribution in [0.1, 0.15) is 16.1 Å². The van der Waals surface area contributed by atoms with Crippen LogP contribution >= 0.6 is 11.6 Å². The van der Waals surface area contributed by atoms with Gasteiger partial charge in [0.2, 0.25) is 5.91 Å². The molecule has 2 aliphatic rings. The Morgan fingerprint density at radius 1 is 1.10 bits per heavy atom. The third-order valence-electron chi connectivity index (χ3n) is 5.60. The number of aryl methyl sites for hydroxylation is 1. The molecule has 0 spiro atoms. The second-order valence-corrected chi connectivity index (χ2v) is 7.98. The molecule has 2 aliphatic heterocycles. The molecule has 0 unspecified atom stereocenters. The normalized spacial score (nSPS) is 17.1. The number of hydrogen-bond donors (Lipinski definition) is 0. The largest absolute Gasteiger partial charge is 0.433 e. The lowest BCUT2D eigenvalue weighted by Crippen LogP contribution is -2.59. The van der Waals surface area contributed by atoms with Crippen molar-refractivity contribution in [2.75, 3.05) is 44.2 Å². The molecule has 30 heavy (non-hydrogen) atoms. The molecule has 1 aromatic carbocycles. The number of anilines is 1. The van der Waals surface area contributed by atoms with E-state index in [1.165, 1.54) is 11.0 Å². The van der Waals surface area contributed by atoms with Crippen LogP contribution < -0.4 is 4.90 Å². The van der Waals surface area contributed by atoms with E-state index in [0.29, 0.717) is 31.2 Å². The quantitative estimate of drug-likeness (QED) is 0.543. The minimum absolute atomic E-state index is 0.0342. The summed E-state index contributed by atoms with van der Waals surface area (Å²) in [6.45, 7) is 5.28. The molecule has 158 valence electrons. The average Bonchev–Trinajstić information content (AvgIpc) is 3.19. The Kier molecular flexibility index (Phi) is 5.38. The first kappa shape index (κ1) is 20.2. The van der Waals surface area contributed by atoms with Crippen LogP contribution in [-0.2, 0) is 4.79 Å². The van der Waals surface area contributed by atoms with Crippen LogP contribution in [0.4, 0.5) is 11.6 Å². The molecule has 0 saturated carbocycles. The van der Waals surface area contributed by atoms with Crippen molar-refractivity contribution in [3.8, 4) is 0 Å². The van der Waals surface area contributed by atoms with Gasteiger partial charge in [-0.15, -0.1) is 0 Å². The molecule has 1 aromatic heterocycles. The van der Waals surface area contributed by atoms with Gasteiger partial charge < -0.3 is 19.1 Å². The molecule has 0 N–H and O–H groups in total. The molecule has 4 rings (SSSR count). The van der Waals surface area contributed by atoms with Crippen LogP contribution in [0, 0.1) is 23.0 Å². The number of nitro groups is 1. The molecule has 0 radical (unpaired) electrons. The van der Waals surface area contributed by atoms with Crippen LogP contribution in [0.2, 0.25) is 5.02 Å². The number of rotatable bonds is 4. The molecule has 10 heteroatoms. The zero-order chi connectivity index (χ0) is 21.4. The van der Waals surface area contributed by atoms with Gasteiger partial charge >= 0.3 is 5.88 Å². The van der Waals surface area contributed by atoms with E-state index < -0.39 is 16.7 Å². The zero-order valence-electron chi connectivity index (χ0n) is 16.4. The maximum Gasteiger partial charge on any atom is 0.433 e. The van der Waals surface area contributed by atoms with Gasteiger partial charge in [0.25, 0.3) is 5.91 Å². The maximum atomic E-state index is 12.8. The van der Waals surface area contributed by atoms with E-state index in [1.807, 2.05) is 30.0 Å². The van der Waals surface area contributed by atoms with Crippen molar-refractivity contribution in [1.82, 2.24) is 9.80 Å². The van der Waals surface area contributed by atoms with E-state index in [9.17, 15) is 19.7 Å². The molecule has 2 aromatic rings. The third-order valence-corrected chi connectivity index (χ3v) is 5.84. The van der Waals surface area contributed by atoms with Gasteiger partial charge in [-0.3, -0.25) is 19.7 Å². The summed E-state index contributed by atoms with van der Waals surface area (Å²) in [5, 5.41) is 11.4. The Morgan fingerprint density at radius 3 is 2.43 bits per heavy atom. The van der Waals surface area contributed by atoms with E-state index in [2.05, 4.69) is 4.90 Å². The Hall–Kier alpha value is -3.07. The van der Waals surface area contributed by atoms with E-state index >= 15 is 0 Å². The van der Waals surface area contributed by atoms with Gasteiger partial charge in [-0.2, -0.15) is 0 Å². The van der Waals surface area contributed by atoms with Crippen molar-refractivity contribution in [2.45, 2.75) is 6.92 Å². The predicted molar refractivity (Wildman–Crippen MR) is 110 cm³/mol. The summed E-state index contributed by atoms with van der Waals surface area (Å²) >= 11 is 6.12. The summed E-state index contributed by atoms with van der Waals surface area (Å²) < 4.78 is 4.95. The van der Waals surface area contributed by atoms with E-state index in [-0.39, 0.29) is 17.6 Å². The van der Waals surface area contributed by atoms with Crippen LogP contribution in [0.5, 0.6) is 0 Å². The first-order valence-corrected chi connectivity index (χ1v) is 10.0. The smallest absolute Gasteiger partial charge is 0.395 e. The highest BCUT2D eigenvalue weighted by Crippen LogP contribution is 2.27. The molecule has 0 aliphatic carbocycles. The minimum atomic E-state index is -0.691. The number of piperazine rings is 1. The van der Waals surface area contributed by atoms with Crippen molar-refractivity contribution >= 4 is 35.0 Å².